The quantitative estimate of drug-likeness (QED) is 0.322. The summed E-state index contributed by atoms with van der Waals surface area (Å²) in [6.07, 6.45) is 3.48. The molecule has 0 spiro atoms. The van der Waals surface area contributed by atoms with E-state index in [2.05, 4.69) is 35.1 Å². The first-order valence-corrected chi connectivity index (χ1v) is 12.0. The number of carbonyl (C=O) groups is 1. The Morgan fingerprint density at radius 3 is 2.53 bits per heavy atom. The van der Waals surface area contributed by atoms with E-state index in [-0.39, 0.29) is 17.5 Å². The lowest BCUT2D eigenvalue weighted by molar-refractivity contribution is -0.127. The number of hydrogen-bond acceptors (Lipinski definition) is 5. The van der Waals surface area contributed by atoms with Gasteiger partial charge in [-0.2, -0.15) is 0 Å². The molecular weight excluding hydrogens is 449 g/mol. The van der Waals surface area contributed by atoms with Crippen molar-refractivity contribution in [2.24, 2.45) is 0 Å². The van der Waals surface area contributed by atoms with Crippen molar-refractivity contribution < 1.29 is 9.18 Å². The molecule has 6 nitrogen and oxygen atoms in total. The molecule has 0 bridgehead atoms. The lowest BCUT2D eigenvalue weighted by atomic mass is 10.0. The standard InChI is InChI=1S/C26H26FN5OS/c1-18(2)22-8-4-5-9-23(22)32-25(20-7-6-14-28-15-20)29-30-26(32)34-17-24(33)31(3)16-19-10-12-21(27)13-11-19/h4-15,18H,16-17H2,1-3H3. The minimum atomic E-state index is -0.293. The second-order valence-corrected chi connectivity index (χ2v) is 9.20. The van der Waals surface area contributed by atoms with Crippen LogP contribution in [0.15, 0.2) is 78.2 Å². The van der Waals surface area contributed by atoms with Crippen molar-refractivity contribution in [3.05, 3.63) is 90.0 Å². The monoisotopic (exact) mass is 475 g/mol. The molecule has 8 heteroatoms. The summed E-state index contributed by atoms with van der Waals surface area (Å²) in [5, 5.41) is 9.52. The highest BCUT2D eigenvalue weighted by Crippen LogP contribution is 2.32. The molecule has 0 aliphatic heterocycles. The maximum absolute atomic E-state index is 13.2. The van der Waals surface area contributed by atoms with E-state index in [4.69, 9.17) is 0 Å². The third-order valence-corrected chi connectivity index (χ3v) is 6.35. The Hall–Kier alpha value is -3.52. The van der Waals surface area contributed by atoms with Crippen LogP contribution in [0.2, 0.25) is 0 Å². The molecule has 4 rings (SSSR count). The molecule has 0 unspecified atom stereocenters. The summed E-state index contributed by atoms with van der Waals surface area (Å²) >= 11 is 1.34. The third-order valence-electron chi connectivity index (χ3n) is 5.44. The summed E-state index contributed by atoms with van der Waals surface area (Å²) in [5.41, 5.74) is 3.86. The van der Waals surface area contributed by atoms with Gasteiger partial charge in [-0.3, -0.25) is 14.3 Å². The zero-order valence-electron chi connectivity index (χ0n) is 19.4. The van der Waals surface area contributed by atoms with Crippen LogP contribution in [0.4, 0.5) is 4.39 Å². The van der Waals surface area contributed by atoms with E-state index < -0.39 is 0 Å². The normalized spacial score (nSPS) is 11.1. The summed E-state index contributed by atoms with van der Waals surface area (Å²) in [5.74, 6) is 0.826. The van der Waals surface area contributed by atoms with E-state index in [9.17, 15) is 9.18 Å². The largest absolute Gasteiger partial charge is 0.341 e. The molecule has 0 aliphatic rings. The first-order chi connectivity index (χ1) is 16.4. The Balaban J connectivity index is 1.60. The smallest absolute Gasteiger partial charge is 0.233 e. The number of para-hydroxylation sites is 1. The number of benzene rings is 2. The van der Waals surface area contributed by atoms with E-state index in [1.807, 2.05) is 34.9 Å². The first kappa shape index (κ1) is 23.6. The van der Waals surface area contributed by atoms with Crippen LogP contribution in [0, 0.1) is 5.82 Å². The number of amides is 1. The number of hydrogen-bond donors (Lipinski definition) is 0. The van der Waals surface area contributed by atoms with Crippen LogP contribution in [0.25, 0.3) is 17.1 Å². The van der Waals surface area contributed by atoms with Crippen LogP contribution in [0.5, 0.6) is 0 Å². The average molecular weight is 476 g/mol. The number of rotatable bonds is 8. The van der Waals surface area contributed by atoms with Gasteiger partial charge in [-0.05, 0) is 47.4 Å². The molecule has 0 radical (unpaired) electrons. The van der Waals surface area contributed by atoms with Crippen molar-refractivity contribution in [3.8, 4) is 17.1 Å². The van der Waals surface area contributed by atoms with Gasteiger partial charge in [0, 0.05) is 31.5 Å². The highest BCUT2D eigenvalue weighted by molar-refractivity contribution is 7.99. The lowest BCUT2D eigenvalue weighted by Gasteiger charge is -2.18. The van der Waals surface area contributed by atoms with E-state index in [1.165, 1.54) is 23.9 Å². The van der Waals surface area contributed by atoms with Gasteiger partial charge in [0.2, 0.25) is 5.91 Å². The predicted molar refractivity (Wildman–Crippen MR) is 132 cm³/mol. The van der Waals surface area contributed by atoms with Crippen LogP contribution in [0.1, 0.15) is 30.9 Å². The number of thioether (sulfide) groups is 1. The topological polar surface area (TPSA) is 63.9 Å². The first-order valence-electron chi connectivity index (χ1n) is 11.0. The van der Waals surface area contributed by atoms with Gasteiger partial charge in [-0.15, -0.1) is 10.2 Å². The Morgan fingerprint density at radius 2 is 1.82 bits per heavy atom. The molecule has 1 amide bonds. The summed E-state index contributed by atoms with van der Waals surface area (Å²) < 4.78 is 15.2. The van der Waals surface area contributed by atoms with E-state index in [0.717, 1.165) is 22.4 Å². The number of pyridine rings is 1. The molecule has 2 aromatic heterocycles. The lowest BCUT2D eigenvalue weighted by Crippen LogP contribution is -2.27. The second kappa shape index (κ2) is 10.6. The van der Waals surface area contributed by atoms with Crippen molar-refractivity contribution in [1.29, 1.82) is 0 Å². The van der Waals surface area contributed by atoms with E-state index >= 15 is 0 Å². The van der Waals surface area contributed by atoms with E-state index in [0.29, 0.717) is 23.4 Å². The fourth-order valence-electron chi connectivity index (χ4n) is 3.63. The van der Waals surface area contributed by atoms with Gasteiger partial charge in [0.15, 0.2) is 11.0 Å². The maximum Gasteiger partial charge on any atom is 0.233 e. The summed E-state index contributed by atoms with van der Waals surface area (Å²) in [4.78, 5) is 18.7. The summed E-state index contributed by atoms with van der Waals surface area (Å²) in [7, 11) is 1.74. The molecule has 0 saturated heterocycles. The van der Waals surface area contributed by atoms with Crippen LogP contribution in [-0.2, 0) is 11.3 Å². The van der Waals surface area contributed by atoms with Gasteiger partial charge in [0.25, 0.3) is 0 Å². The van der Waals surface area contributed by atoms with Crippen LogP contribution in [0.3, 0.4) is 0 Å². The summed E-state index contributed by atoms with van der Waals surface area (Å²) in [6, 6.07) is 18.1. The average Bonchev–Trinajstić information content (AvgIpc) is 3.28. The number of carbonyl (C=O) groups excluding carboxylic acids is 1. The van der Waals surface area contributed by atoms with E-state index in [1.54, 1.807) is 36.5 Å². The molecule has 34 heavy (non-hydrogen) atoms. The molecule has 0 fully saturated rings. The Labute approximate surface area is 202 Å². The van der Waals surface area contributed by atoms with Crippen molar-refractivity contribution in [2.45, 2.75) is 31.5 Å². The fourth-order valence-corrected chi connectivity index (χ4v) is 4.52. The van der Waals surface area contributed by atoms with Gasteiger partial charge >= 0.3 is 0 Å². The van der Waals surface area contributed by atoms with Crippen molar-refractivity contribution in [3.63, 3.8) is 0 Å². The van der Waals surface area contributed by atoms with Gasteiger partial charge < -0.3 is 4.90 Å². The Morgan fingerprint density at radius 1 is 1.06 bits per heavy atom. The number of halogens is 1. The Bertz CT molecular complexity index is 1260. The number of aromatic nitrogens is 4. The van der Waals surface area contributed by atoms with Crippen molar-refractivity contribution in [2.75, 3.05) is 12.8 Å². The molecule has 2 aromatic carbocycles. The maximum atomic E-state index is 13.2. The zero-order chi connectivity index (χ0) is 24.1. The third kappa shape index (κ3) is 5.34. The second-order valence-electron chi connectivity index (χ2n) is 8.26. The molecule has 0 N–H and O–H groups in total. The highest BCUT2D eigenvalue weighted by atomic mass is 32.2. The molecule has 0 atom stereocenters. The van der Waals surface area contributed by atoms with Gasteiger partial charge in [-0.25, -0.2) is 4.39 Å². The SMILES string of the molecule is CC(C)c1ccccc1-n1c(SCC(=O)N(C)Cc2ccc(F)cc2)nnc1-c1cccnc1. The molecule has 4 aromatic rings. The van der Waals surface area contributed by atoms with Crippen LogP contribution >= 0.6 is 11.8 Å². The van der Waals surface area contributed by atoms with Crippen LogP contribution < -0.4 is 0 Å². The van der Waals surface area contributed by atoms with Crippen LogP contribution in [-0.4, -0.2) is 43.4 Å². The summed E-state index contributed by atoms with van der Waals surface area (Å²) in [6.45, 7) is 4.70. The van der Waals surface area contributed by atoms with Crippen molar-refractivity contribution in [1.82, 2.24) is 24.6 Å². The van der Waals surface area contributed by atoms with Gasteiger partial charge in [-0.1, -0.05) is 55.9 Å². The molecule has 0 aliphatic carbocycles. The predicted octanol–water partition coefficient (Wildman–Crippen LogP) is 5.34. The number of nitrogens with zero attached hydrogens (tertiary/aromatic N) is 5. The van der Waals surface area contributed by atoms with Gasteiger partial charge in [0.1, 0.15) is 5.82 Å². The highest BCUT2D eigenvalue weighted by Gasteiger charge is 2.21. The molecule has 2 heterocycles. The van der Waals surface area contributed by atoms with Crippen molar-refractivity contribution >= 4 is 17.7 Å². The zero-order valence-corrected chi connectivity index (χ0v) is 20.2. The minimum Gasteiger partial charge on any atom is -0.341 e. The fraction of sp³-hybridized carbons (Fsp3) is 0.231. The minimum absolute atomic E-state index is 0.0519. The molecular formula is C26H26FN5OS. The van der Waals surface area contributed by atoms with Gasteiger partial charge in [0.05, 0.1) is 11.4 Å². The Kier molecular flexibility index (Phi) is 7.37. The molecule has 0 saturated carbocycles. The molecule has 174 valence electrons.